The highest BCUT2D eigenvalue weighted by molar-refractivity contribution is 6.31. The fourth-order valence-electron chi connectivity index (χ4n) is 4.18. The third kappa shape index (κ3) is 4.06. The first-order chi connectivity index (χ1) is 16.8. The fraction of sp³-hybridized carbons (Fsp3) is 0.200. The van der Waals surface area contributed by atoms with E-state index in [0.29, 0.717) is 0 Å². The molecule has 36 heavy (non-hydrogen) atoms. The molecule has 0 aliphatic heterocycles. The van der Waals surface area contributed by atoms with E-state index in [0.717, 1.165) is 29.7 Å². The van der Waals surface area contributed by atoms with Crippen LogP contribution < -0.4 is 5.76 Å². The molecule has 0 saturated carbocycles. The Balaban J connectivity index is 1.80. The van der Waals surface area contributed by atoms with Crippen LogP contribution in [-0.2, 0) is 12.6 Å². The van der Waals surface area contributed by atoms with Gasteiger partial charge in [-0.25, -0.2) is 14.0 Å². The molecule has 1 aromatic heterocycles. The molecule has 0 amide bonds. The van der Waals surface area contributed by atoms with Crippen molar-refractivity contribution in [3.8, 4) is 11.1 Å². The Morgan fingerprint density at radius 2 is 1.78 bits per heavy atom. The summed E-state index contributed by atoms with van der Waals surface area (Å²) >= 11 is 6.32. The number of carbonyl (C=O) groups is 1. The number of aryl methyl sites for hydroxylation is 1. The Bertz CT molecular complexity index is 1560. The molecule has 2 N–H and O–H groups in total. The van der Waals surface area contributed by atoms with Crippen LogP contribution in [0.3, 0.4) is 0 Å². The normalized spacial score (nSPS) is 14.6. The zero-order valence-corrected chi connectivity index (χ0v) is 19.5. The Hall–Kier alpha value is -3.63. The smallest absolute Gasteiger partial charge is 0.422 e. The van der Waals surface area contributed by atoms with Gasteiger partial charge in [0.1, 0.15) is 5.82 Å². The van der Waals surface area contributed by atoms with E-state index in [9.17, 15) is 32.3 Å². The number of hydrogen-bond donors (Lipinski definition) is 2. The van der Waals surface area contributed by atoms with Gasteiger partial charge in [-0.15, -0.1) is 0 Å². The summed E-state index contributed by atoms with van der Waals surface area (Å²) in [5, 5.41) is 20.0. The van der Waals surface area contributed by atoms with Crippen LogP contribution in [0.2, 0.25) is 5.02 Å². The summed E-state index contributed by atoms with van der Waals surface area (Å²) in [5.41, 5.74) is -3.94. The zero-order chi connectivity index (χ0) is 26.6. The van der Waals surface area contributed by atoms with Gasteiger partial charge in [0, 0.05) is 23.6 Å². The van der Waals surface area contributed by atoms with Crippen LogP contribution in [-0.4, -0.2) is 26.9 Å². The second kappa shape index (κ2) is 8.79. The maximum Gasteiger partial charge on any atom is 0.422 e. The highest BCUT2D eigenvalue weighted by Crippen LogP contribution is 2.50. The molecule has 188 valence electrons. The lowest BCUT2D eigenvalue weighted by Crippen LogP contribution is -2.46. The maximum atomic E-state index is 14.5. The number of carboxylic acids is 1. The van der Waals surface area contributed by atoms with Crippen molar-refractivity contribution in [2.75, 3.05) is 0 Å². The summed E-state index contributed by atoms with van der Waals surface area (Å²) in [6, 6.07) is 10.3. The molecule has 11 heteroatoms. The van der Waals surface area contributed by atoms with Crippen molar-refractivity contribution in [2.24, 2.45) is 7.05 Å². The minimum Gasteiger partial charge on any atom is -0.478 e. The summed E-state index contributed by atoms with van der Waals surface area (Å²) < 4.78 is 63.6. The van der Waals surface area contributed by atoms with Crippen molar-refractivity contribution in [3.63, 3.8) is 0 Å². The van der Waals surface area contributed by atoms with Crippen LogP contribution in [0.25, 0.3) is 22.2 Å². The van der Waals surface area contributed by atoms with Crippen LogP contribution in [0.4, 0.5) is 17.6 Å². The maximum absolute atomic E-state index is 14.5. The Labute approximate surface area is 206 Å². The first kappa shape index (κ1) is 25.5. The molecule has 0 aliphatic carbocycles. The quantitative estimate of drug-likeness (QED) is 0.320. The zero-order valence-electron chi connectivity index (χ0n) is 18.7. The van der Waals surface area contributed by atoms with Crippen molar-refractivity contribution in [1.29, 1.82) is 0 Å². The van der Waals surface area contributed by atoms with Gasteiger partial charge in [0.05, 0.1) is 11.1 Å². The first-order valence-electron chi connectivity index (χ1n) is 10.5. The van der Waals surface area contributed by atoms with Crippen molar-refractivity contribution < 1.29 is 37.0 Å². The molecule has 0 fully saturated rings. The number of nitrogens with zero attached hydrogens (tertiary/aromatic N) is 1. The number of carboxylic acid groups (broad SMARTS) is 1. The standard InChI is InChI=1S/C25H18ClF4NO5/c1-12(16-6-3-13(9-18(16)26)17-7-4-14(22(32)33)10-19(17)27)24(35,25(28,29)30)15-5-8-21-20(11-15)31(2)23(34)36-21/h3-12,35H,1-2H3,(H,32,33). The van der Waals surface area contributed by atoms with Gasteiger partial charge in [-0.1, -0.05) is 42.8 Å². The Morgan fingerprint density at radius 1 is 1.08 bits per heavy atom. The average Bonchev–Trinajstić information content (AvgIpc) is 3.10. The van der Waals surface area contributed by atoms with Gasteiger partial charge < -0.3 is 14.6 Å². The van der Waals surface area contributed by atoms with Crippen molar-refractivity contribution >= 4 is 28.7 Å². The topological polar surface area (TPSA) is 92.7 Å². The monoisotopic (exact) mass is 523 g/mol. The molecule has 4 rings (SSSR count). The fourth-order valence-corrected chi connectivity index (χ4v) is 4.52. The number of benzene rings is 3. The molecule has 0 radical (unpaired) electrons. The van der Waals surface area contributed by atoms with Gasteiger partial charge in [-0.3, -0.25) is 4.57 Å². The molecule has 3 aromatic carbocycles. The molecule has 0 spiro atoms. The lowest BCUT2D eigenvalue weighted by atomic mass is 9.77. The molecule has 1 heterocycles. The van der Waals surface area contributed by atoms with E-state index in [4.69, 9.17) is 21.1 Å². The van der Waals surface area contributed by atoms with Crippen molar-refractivity contribution in [2.45, 2.75) is 24.6 Å². The highest BCUT2D eigenvalue weighted by atomic mass is 35.5. The highest BCUT2D eigenvalue weighted by Gasteiger charge is 2.59. The summed E-state index contributed by atoms with van der Waals surface area (Å²) in [6.45, 7) is 1.15. The van der Waals surface area contributed by atoms with Crippen LogP contribution in [0.15, 0.2) is 63.8 Å². The molecule has 0 aliphatic rings. The van der Waals surface area contributed by atoms with Crippen LogP contribution in [0, 0.1) is 5.82 Å². The number of halogens is 5. The Morgan fingerprint density at radius 3 is 2.36 bits per heavy atom. The first-order valence-corrected chi connectivity index (χ1v) is 10.8. The van der Waals surface area contributed by atoms with Crippen molar-refractivity contribution in [1.82, 2.24) is 4.57 Å². The SMILES string of the molecule is CC(c1ccc(-c2ccc(C(=O)O)cc2F)cc1Cl)C(O)(c1ccc2oc(=O)n(C)c2c1)C(F)(F)F. The number of aromatic carboxylic acids is 1. The second-order valence-electron chi connectivity index (χ2n) is 8.33. The van der Waals surface area contributed by atoms with Crippen molar-refractivity contribution in [3.05, 3.63) is 92.7 Å². The largest absolute Gasteiger partial charge is 0.478 e. The van der Waals surface area contributed by atoms with Gasteiger partial charge in [0.25, 0.3) is 0 Å². The third-order valence-corrected chi connectivity index (χ3v) is 6.61. The summed E-state index contributed by atoms with van der Waals surface area (Å²) in [4.78, 5) is 22.8. The van der Waals surface area contributed by atoms with Gasteiger partial charge >= 0.3 is 17.9 Å². The predicted octanol–water partition coefficient (Wildman–Crippen LogP) is 5.84. The molecule has 2 atom stereocenters. The number of aliphatic hydroxyl groups is 1. The number of hydrogen-bond acceptors (Lipinski definition) is 4. The average molecular weight is 524 g/mol. The van der Waals surface area contributed by atoms with E-state index >= 15 is 0 Å². The molecule has 0 saturated heterocycles. The Kier molecular flexibility index (Phi) is 6.22. The molecular formula is C25H18ClF4NO5. The summed E-state index contributed by atoms with van der Waals surface area (Å²) in [6.07, 6.45) is -5.15. The summed E-state index contributed by atoms with van der Waals surface area (Å²) in [5.74, 6) is -4.56. The minimum atomic E-state index is -5.15. The molecular weight excluding hydrogens is 506 g/mol. The number of aromatic nitrogens is 1. The van der Waals surface area contributed by atoms with Gasteiger partial charge in [0.15, 0.2) is 11.2 Å². The molecule has 2 unspecified atom stereocenters. The lowest BCUT2D eigenvalue weighted by Gasteiger charge is -2.37. The van der Waals surface area contributed by atoms with E-state index in [-0.39, 0.29) is 38.4 Å². The predicted molar refractivity (Wildman–Crippen MR) is 124 cm³/mol. The molecule has 4 aromatic rings. The van der Waals surface area contributed by atoms with Gasteiger partial charge in [-0.2, -0.15) is 13.2 Å². The number of rotatable bonds is 5. The van der Waals surface area contributed by atoms with E-state index in [1.54, 1.807) is 0 Å². The van der Waals surface area contributed by atoms with Crippen LogP contribution in [0.1, 0.15) is 34.3 Å². The molecule has 0 bridgehead atoms. The van der Waals surface area contributed by atoms with E-state index in [2.05, 4.69) is 0 Å². The number of oxazole rings is 1. The minimum absolute atomic E-state index is 0.00138. The molecule has 6 nitrogen and oxygen atoms in total. The van der Waals surface area contributed by atoms with E-state index in [1.807, 2.05) is 0 Å². The van der Waals surface area contributed by atoms with Crippen LogP contribution in [0.5, 0.6) is 0 Å². The van der Waals surface area contributed by atoms with Gasteiger partial charge in [0.2, 0.25) is 0 Å². The third-order valence-electron chi connectivity index (χ3n) is 6.28. The van der Waals surface area contributed by atoms with E-state index < -0.39 is 40.8 Å². The second-order valence-corrected chi connectivity index (χ2v) is 8.74. The summed E-state index contributed by atoms with van der Waals surface area (Å²) in [7, 11) is 1.33. The lowest BCUT2D eigenvalue weighted by molar-refractivity contribution is -0.274. The van der Waals surface area contributed by atoms with Crippen LogP contribution >= 0.6 is 11.6 Å². The number of alkyl halides is 3. The van der Waals surface area contributed by atoms with E-state index in [1.165, 1.54) is 43.4 Å². The van der Waals surface area contributed by atoms with Gasteiger partial charge in [-0.05, 0) is 47.0 Å². The number of fused-ring (bicyclic) bond motifs is 1.